The molecular formula is C30H38ClN3O5. The summed E-state index contributed by atoms with van der Waals surface area (Å²) in [5, 5.41) is 5.19. The molecule has 2 aromatic rings. The van der Waals surface area contributed by atoms with Crippen LogP contribution in [0.1, 0.15) is 36.8 Å². The molecule has 4 N–H and O–H groups in total. The van der Waals surface area contributed by atoms with Gasteiger partial charge >= 0.3 is 12.2 Å². The Morgan fingerprint density at radius 3 is 2.00 bits per heavy atom. The average Bonchev–Trinajstić information content (AvgIpc) is 2.95. The predicted molar refractivity (Wildman–Crippen MR) is 155 cm³/mol. The Kier molecular flexibility index (Phi) is 17.7. The molecule has 0 spiro atoms. The number of ether oxygens (including phenoxy) is 2. The van der Waals surface area contributed by atoms with Gasteiger partial charge in [0.15, 0.2) is 0 Å². The SMILES string of the molecule is C=C/C=C(\C=C)C(Cl)CNC(=O)CCCCCNC(=O)OCc1ccccc1.NC(=O)OCc1ccccc1. The van der Waals surface area contributed by atoms with Crippen LogP contribution in [0.4, 0.5) is 9.59 Å². The lowest BCUT2D eigenvalue weighted by molar-refractivity contribution is -0.121. The summed E-state index contributed by atoms with van der Waals surface area (Å²) in [4.78, 5) is 33.6. The Labute approximate surface area is 235 Å². The Morgan fingerprint density at radius 2 is 1.46 bits per heavy atom. The van der Waals surface area contributed by atoms with E-state index in [9.17, 15) is 14.4 Å². The maximum Gasteiger partial charge on any atom is 0.407 e. The molecule has 0 aliphatic heterocycles. The van der Waals surface area contributed by atoms with E-state index < -0.39 is 12.2 Å². The summed E-state index contributed by atoms with van der Waals surface area (Å²) in [5.74, 6) is -0.0390. The Balaban J connectivity index is 0.000000573. The highest BCUT2D eigenvalue weighted by molar-refractivity contribution is 6.23. The van der Waals surface area contributed by atoms with Gasteiger partial charge in [-0.1, -0.05) is 98.5 Å². The number of unbranched alkanes of at least 4 members (excludes halogenated alkanes) is 2. The van der Waals surface area contributed by atoms with Gasteiger partial charge < -0.3 is 25.8 Å². The fourth-order valence-corrected chi connectivity index (χ4v) is 3.37. The van der Waals surface area contributed by atoms with Gasteiger partial charge in [0.05, 0.1) is 5.38 Å². The molecule has 210 valence electrons. The van der Waals surface area contributed by atoms with E-state index >= 15 is 0 Å². The van der Waals surface area contributed by atoms with Gasteiger partial charge in [0.1, 0.15) is 13.2 Å². The monoisotopic (exact) mass is 555 g/mol. The van der Waals surface area contributed by atoms with Crippen LogP contribution in [0.5, 0.6) is 0 Å². The first-order chi connectivity index (χ1) is 18.8. The van der Waals surface area contributed by atoms with Crippen molar-refractivity contribution in [3.05, 3.63) is 109 Å². The van der Waals surface area contributed by atoms with Crippen molar-refractivity contribution in [2.75, 3.05) is 13.1 Å². The molecule has 8 nitrogen and oxygen atoms in total. The lowest BCUT2D eigenvalue weighted by Gasteiger charge is -2.12. The van der Waals surface area contributed by atoms with Crippen molar-refractivity contribution >= 4 is 29.7 Å². The molecular weight excluding hydrogens is 518 g/mol. The highest BCUT2D eigenvalue weighted by atomic mass is 35.5. The zero-order valence-corrected chi connectivity index (χ0v) is 22.9. The molecule has 0 aromatic heterocycles. The number of allylic oxidation sites excluding steroid dienone is 3. The summed E-state index contributed by atoms with van der Waals surface area (Å²) >= 11 is 6.21. The summed E-state index contributed by atoms with van der Waals surface area (Å²) in [5.41, 5.74) is 7.48. The summed E-state index contributed by atoms with van der Waals surface area (Å²) in [7, 11) is 0. The van der Waals surface area contributed by atoms with Crippen molar-refractivity contribution in [2.45, 2.75) is 44.3 Å². The topological polar surface area (TPSA) is 120 Å². The quantitative estimate of drug-likeness (QED) is 0.146. The van der Waals surface area contributed by atoms with Gasteiger partial charge in [0.2, 0.25) is 5.91 Å². The van der Waals surface area contributed by atoms with Crippen LogP contribution >= 0.6 is 11.6 Å². The molecule has 2 rings (SSSR count). The third-order valence-electron chi connectivity index (χ3n) is 5.17. The molecule has 0 bridgehead atoms. The Morgan fingerprint density at radius 1 is 0.872 bits per heavy atom. The molecule has 9 heteroatoms. The van der Waals surface area contributed by atoms with Crippen molar-refractivity contribution in [1.29, 1.82) is 0 Å². The van der Waals surface area contributed by atoms with Crippen LogP contribution in [0, 0.1) is 0 Å². The molecule has 0 heterocycles. The molecule has 0 aliphatic carbocycles. The lowest BCUT2D eigenvalue weighted by Crippen LogP contribution is -2.30. The number of hydrogen-bond acceptors (Lipinski definition) is 5. The number of rotatable bonds is 15. The summed E-state index contributed by atoms with van der Waals surface area (Å²) in [6, 6.07) is 18.9. The molecule has 2 aromatic carbocycles. The molecule has 1 atom stereocenters. The first kappa shape index (κ1) is 33.0. The molecule has 0 aliphatic rings. The van der Waals surface area contributed by atoms with Crippen LogP contribution in [0.25, 0.3) is 0 Å². The number of nitrogens with one attached hydrogen (secondary N) is 2. The van der Waals surface area contributed by atoms with E-state index in [1.807, 2.05) is 60.7 Å². The van der Waals surface area contributed by atoms with Gasteiger partial charge in [-0.05, 0) is 29.5 Å². The number of hydrogen-bond donors (Lipinski definition) is 3. The number of nitrogens with two attached hydrogens (primary N) is 1. The van der Waals surface area contributed by atoms with Crippen LogP contribution < -0.4 is 16.4 Å². The number of halogens is 1. The van der Waals surface area contributed by atoms with Crippen LogP contribution in [0.15, 0.2) is 97.6 Å². The Hall–Kier alpha value is -4.04. The lowest BCUT2D eigenvalue weighted by atomic mass is 10.1. The summed E-state index contributed by atoms with van der Waals surface area (Å²) in [6.45, 7) is 8.69. The number of benzene rings is 2. The second-order valence-electron chi connectivity index (χ2n) is 8.27. The van der Waals surface area contributed by atoms with Crippen molar-refractivity contribution < 1.29 is 23.9 Å². The molecule has 0 saturated carbocycles. The van der Waals surface area contributed by atoms with Crippen molar-refractivity contribution in [2.24, 2.45) is 5.73 Å². The van der Waals surface area contributed by atoms with E-state index in [4.69, 9.17) is 22.1 Å². The first-order valence-electron chi connectivity index (χ1n) is 12.6. The third kappa shape index (κ3) is 17.2. The number of amides is 3. The standard InChI is InChI=1S/C22H29ClN2O3.C8H9NO2/c1-3-11-19(4-2)20(23)16-25-21(26)14-9-6-10-15-24-22(27)28-17-18-12-7-5-8-13-18;9-8(10)11-6-7-4-2-1-3-5-7/h3-5,7-8,11-13,20H,1-2,6,9-10,14-17H2,(H,24,27)(H,25,26);1-5H,6H2,(H2,9,10)/b19-11+;. The maximum atomic E-state index is 11.9. The number of primary amides is 1. The van der Waals surface area contributed by atoms with E-state index in [1.165, 1.54) is 0 Å². The second-order valence-corrected chi connectivity index (χ2v) is 8.80. The molecule has 39 heavy (non-hydrogen) atoms. The minimum Gasteiger partial charge on any atom is -0.445 e. The fourth-order valence-electron chi connectivity index (χ4n) is 3.13. The first-order valence-corrected chi connectivity index (χ1v) is 13.1. The predicted octanol–water partition coefficient (Wildman–Crippen LogP) is 5.78. The maximum absolute atomic E-state index is 11.9. The number of alkyl carbamates (subject to hydrolysis) is 1. The van der Waals surface area contributed by atoms with Crippen LogP contribution in [0.2, 0.25) is 0 Å². The van der Waals surface area contributed by atoms with Crippen LogP contribution in [-0.4, -0.2) is 36.6 Å². The van der Waals surface area contributed by atoms with Crippen LogP contribution in [-0.2, 0) is 27.5 Å². The van der Waals surface area contributed by atoms with E-state index in [0.717, 1.165) is 36.0 Å². The number of carbonyl (C=O) groups is 3. The largest absolute Gasteiger partial charge is 0.445 e. The minimum absolute atomic E-state index is 0.0390. The highest BCUT2D eigenvalue weighted by Crippen LogP contribution is 2.10. The van der Waals surface area contributed by atoms with Gasteiger partial charge in [-0.2, -0.15) is 0 Å². The number of carbonyl (C=O) groups excluding carboxylic acids is 3. The van der Waals surface area contributed by atoms with Crippen molar-refractivity contribution in [1.82, 2.24) is 10.6 Å². The fraction of sp³-hybridized carbons (Fsp3) is 0.300. The van der Waals surface area contributed by atoms with E-state index in [1.54, 1.807) is 18.2 Å². The third-order valence-corrected chi connectivity index (χ3v) is 5.58. The average molecular weight is 556 g/mol. The Bertz CT molecular complexity index is 1050. The number of alkyl halides is 1. The molecule has 3 amide bonds. The van der Waals surface area contributed by atoms with Gasteiger partial charge in [-0.15, -0.1) is 11.6 Å². The van der Waals surface area contributed by atoms with Gasteiger partial charge in [0.25, 0.3) is 0 Å². The van der Waals surface area contributed by atoms with Gasteiger partial charge in [-0.3, -0.25) is 4.79 Å². The smallest absolute Gasteiger partial charge is 0.407 e. The molecule has 0 radical (unpaired) electrons. The molecule has 0 saturated heterocycles. The molecule has 0 fully saturated rings. The van der Waals surface area contributed by atoms with E-state index in [0.29, 0.717) is 19.5 Å². The van der Waals surface area contributed by atoms with E-state index in [-0.39, 0.29) is 24.5 Å². The zero-order valence-electron chi connectivity index (χ0n) is 22.2. The summed E-state index contributed by atoms with van der Waals surface area (Å²) < 4.78 is 9.70. The van der Waals surface area contributed by atoms with Crippen molar-refractivity contribution in [3.63, 3.8) is 0 Å². The molecule has 1 unspecified atom stereocenters. The van der Waals surface area contributed by atoms with Crippen molar-refractivity contribution in [3.8, 4) is 0 Å². The second kappa shape index (κ2) is 21.0. The van der Waals surface area contributed by atoms with E-state index in [2.05, 4.69) is 28.5 Å². The van der Waals surface area contributed by atoms with Gasteiger partial charge in [0, 0.05) is 19.5 Å². The van der Waals surface area contributed by atoms with Gasteiger partial charge in [-0.25, -0.2) is 9.59 Å². The highest BCUT2D eigenvalue weighted by Gasteiger charge is 2.10. The van der Waals surface area contributed by atoms with Crippen LogP contribution in [0.3, 0.4) is 0 Å². The normalized spacial score (nSPS) is 11.2. The zero-order chi connectivity index (χ0) is 28.7. The minimum atomic E-state index is -0.742. The summed E-state index contributed by atoms with van der Waals surface area (Å²) in [6.07, 6.45) is 6.69.